The number of rotatable bonds is 4. The van der Waals surface area contributed by atoms with Crippen LogP contribution in [0.1, 0.15) is 50.4 Å². The molecule has 3 N–H and O–H groups in total. The molecule has 1 fully saturated rings. The molecule has 0 spiro atoms. The number of carbonyl (C=O) groups is 2. The summed E-state index contributed by atoms with van der Waals surface area (Å²) in [5.41, 5.74) is 0.938. The lowest BCUT2D eigenvalue weighted by Gasteiger charge is -2.30. The molecule has 6 nitrogen and oxygen atoms in total. The van der Waals surface area contributed by atoms with Crippen LogP contribution >= 0.6 is 0 Å². The number of piperidine rings is 1. The van der Waals surface area contributed by atoms with Crippen molar-refractivity contribution in [3.63, 3.8) is 0 Å². The summed E-state index contributed by atoms with van der Waals surface area (Å²) in [5, 5.41) is 15.4. The van der Waals surface area contributed by atoms with Gasteiger partial charge in [-0.25, -0.2) is 4.79 Å². The van der Waals surface area contributed by atoms with Gasteiger partial charge in [0.2, 0.25) is 0 Å². The first kappa shape index (κ1) is 18.3. The van der Waals surface area contributed by atoms with Crippen LogP contribution in [0.4, 0.5) is 10.5 Å². The van der Waals surface area contributed by atoms with E-state index in [9.17, 15) is 14.7 Å². The second-order valence-electron chi connectivity index (χ2n) is 6.94. The van der Waals surface area contributed by atoms with Gasteiger partial charge in [0.15, 0.2) is 0 Å². The smallest absolute Gasteiger partial charge is 0.321 e. The number of carbonyl (C=O) groups excluding carboxylic acids is 2. The fraction of sp³-hybridized carbons (Fsp3) is 0.556. The van der Waals surface area contributed by atoms with Crippen LogP contribution in [0.25, 0.3) is 0 Å². The van der Waals surface area contributed by atoms with Crippen molar-refractivity contribution < 1.29 is 14.7 Å². The first-order chi connectivity index (χ1) is 11.3. The lowest BCUT2D eigenvalue weighted by atomic mass is 10.0. The Labute approximate surface area is 143 Å². The van der Waals surface area contributed by atoms with E-state index in [1.807, 2.05) is 20.8 Å². The molecule has 24 heavy (non-hydrogen) atoms. The minimum Gasteiger partial charge on any atom is -0.391 e. The lowest BCUT2D eigenvalue weighted by molar-refractivity contribution is 0.0883. The Morgan fingerprint density at radius 3 is 2.54 bits per heavy atom. The van der Waals surface area contributed by atoms with Gasteiger partial charge in [0.1, 0.15) is 0 Å². The summed E-state index contributed by atoms with van der Waals surface area (Å²) in [7, 11) is 0. The maximum absolute atomic E-state index is 12.2. The number of amides is 3. The monoisotopic (exact) mass is 333 g/mol. The molecule has 1 atom stereocenters. The topological polar surface area (TPSA) is 81.7 Å². The van der Waals surface area contributed by atoms with Crippen LogP contribution in [0.3, 0.4) is 0 Å². The van der Waals surface area contributed by atoms with E-state index in [1.54, 1.807) is 29.2 Å². The Hall–Kier alpha value is -2.08. The van der Waals surface area contributed by atoms with Gasteiger partial charge in [-0.05, 0) is 57.4 Å². The van der Waals surface area contributed by atoms with Gasteiger partial charge < -0.3 is 20.6 Å². The number of likely N-dealkylation sites (tertiary alicyclic amines) is 1. The van der Waals surface area contributed by atoms with E-state index in [0.29, 0.717) is 24.3 Å². The minimum atomic E-state index is -0.447. The van der Waals surface area contributed by atoms with Crippen molar-refractivity contribution in [3.8, 4) is 0 Å². The Morgan fingerprint density at radius 1 is 1.29 bits per heavy atom. The third-order valence-electron chi connectivity index (χ3n) is 4.42. The molecule has 1 aliphatic rings. The summed E-state index contributed by atoms with van der Waals surface area (Å²) in [6.07, 6.45) is 1.94. The van der Waals surface area contributed by atoms with Gasteiger partial charge >= 0.3 is 6.03 Å². The number of β-amino-alcohol motifs (C(OH)–C–C–N with tert-alkyl or cyclic N) is 1. The van der Waals surface area contributed by atoms with E-state index in [0.717, 1.165) is 19.3 Å². The van der Waals surface area contributed by atoms with Gasteiger partial charge in [0, 0.05) is 29.9 Å². The van der Waals surface area contributed by atoms with Crippen LogP contribution in [0.15, 0.2) is 24.3 Å². The Bertz CT molecular complexity index is 584. The zero-order valence-corrected chi connectivity index (χ0v) is 14.6. The second kappa shape index (κ2) is 7.66. The molecular formula is C18H27N3O3. The number of nitrogens with zero attached hydrogens (tertiary/aromatic N) is 1. The zero-order valence-electron chi connectivity index (χ0n) is 14.6. The number of urea groups is 1. The second-order valence-corrected chi connectivity index (χ2v) is 6.94. The third-order valence-corrected chi connectivity index (χ3v) is 4.42. The van der Waals surface area contributed by atoms with Gasteiger partial charge in [0.05, 0.1) is 6.10 Å². The molecule has 0 aliphatic carbocycles. The van der Waals surface area contributed by atoms with Crippen LogP contribution in [-0.2, 0) is 0 Å². The Morgan fingerprint density at radius 2 is 1.96 bits per heavy atom. The van der Waals surface area contributed by atoms with Gasteiger partial charge in [-0.15, -0.1) is 0 Å². The van der Waals surface area contributed by atoms with Crippen molar-refractivity contribution >= 4 is 17.6 Å². The highest BCUT2D eigenvalue weighted by molar-refractivity contribution is 5.96. The van der Waals surface area contributed by atoms with Crippen molar-refractivity contribution in [2.75, 3.05) is 18.4 Å². The molecule has 0 aromatic heterocycles. The Kier molecular flexibility index (Phi) is 5.83. The predicted molar refractivity (Wildman–Crippen MR) is 94.1 cm³/mol. The van der Waals surface area contributed by atoms with Crippen LogP contribution in [0.5, 0.6) is 0 Å². The molecule has 0 unspecified atom stereocenters. The van der Waals surface area contributed by atoms with Crippen molar-refractivity contribution in [2.24, 2.45) is 0 Å². The molecule has 1 heterocycles. The molecular weight excluding hydrogens is 306 g/mol. The number of hydrogen-bond donors (Lipinski definition) is 3. The van der Waals surface area contributed by atoms with Crippen molar-refractivity contribution in [1.82, 2.24) is 10.2 Å². The Balaban J connectivity index is 1.94. The SMILES string of the molecule is CCC(C)(C)NC(=O)c1ccc(NC(=O)N2CCC[C@@H](O)C2)cc1. The highest BCUT2D eigenvalue weighted by atomic mass is 16.3. The maximum Gasteiger partial charge on any atom is 0.321 e. The standard InChI is InChI=1S/C18H27N3O3/c1-4-18(2,3)20-16(23)13-7-9-14(10-8-13)19-17(24)21-11-5-6-15(22)12-21/h7-10,15,22H,4-6,11-12H2,1-3H3,(H,19,24)(H,20,23)/t15-/m1/s1. The van der Waals surface area contributed by atoms with E-state index in [4.69, 9.17) is 0 Å². The molecule has 1 aromatic carbocycles. The average Bonchev–Trinajstić information content (AvgIpc) is 2.55. The summed E-state index contributed by atoms with van der Waals surface area (Å²) < 4.78 is 0. The first-order valence-electron chi connectivity index (χ1n) is 8.47. The predicted octanol–water partition coefficient (Wildman–Crippen LogP) is 2.59. The molecule has 1 aromatic rings. The van der Waals surface area contributed by atoms with E-state index in [2.05, 4.69) is 10.6 Å². The fourth-order valence-electron chi connectivity index (χ4n) is 2.51. The number of benzene rings is 1. The van der Waals surface area contributed by atoms with Crippen molar-refractivity contribution in [3.05, 3.63) is 29.8 Å². The molecule has 0 radical (unpaired) electrons. The highest BCUT2D eigenvalue weighted by Crippen LogP contribution is 2.15. The summed E-state index contributed by atoms with van der Waals surface area (Å²) in [4.78, 5) is 26.0. The van der Waals surface area contributed by atoms with E-state index in [1.165, 1.54) is 0 Å². The molecule has 0 bridgehead atoms. The van der Waals surface area contributed by atoms with E-state index in [-0.39, 0.29) is 17.5 Å². The molecule has 0 saturated carbocycles. The summed E-state index contributed by atoms with van der Waals surface area (Å²) in [6.45, 7) is 6.99. The average molecular weight is 333 g/mol. The molecule has 1 aliphatic heterocycles. The summed E-state index contributed by atoms with van der Waals surface area (Å²) in [5.74, 6) is -0.126. The summed E-state index contributed by atoms with van der Waals surface area (Å²) >= 11 is 0. The minimum absolute atomic E-state index is 0.126. The van der Waals surface area contributed by atoms with Crippen LogP contribution < -0.4 is 10.6 Å². The maximum atomic E-state index is 12.2. The van der Waals surface area contributed by atoms with E-state index < -0.39 is 6.10 Å². The zero-order chi connectivity index (χ0) is 17.7. The highest BCUT2D eigenvalue weighted by Gasteiger charge is 2.22. The number of anilines is 1. The van der Waals surface area contributed by atoms with Gasteiger partial charge in [-0.3, -0.25) is 4.79 Å². The normalized spacial score (nSPS) is 18.2. The third kappa shape index (κ3) is 4.96. The number of aliphatic hydroxyl groups is 1. The van der Waals surface area contributed by atoms with Crippen LogP contribution in [-0.4, -0.2) is 46.7 Å². The quantitative estimate of drug-likeness (QED) is 0.792. The van der Waals surface area contributed by atoms with E-state index >= 15 is 0 Å². The van der Waals surface area contributed by atoms with Crippen molar-refractivity contribution in [2.45, 2.75) is 51.7 Å². The first-order valence-corrected chi connectivity index (χ1v) is 8.47. The molecule has 1 saturated heterocycles. The van der Waals surface area contributed by atoms with Gasteiger partial charge in [-0.2, -0.15) is 0 Å². The number of nitrogens with one attached hydrogen (secondary N) is 2. The fourth-order valence-corrected chi connectivity index (χ4v) is 2.51. The molecule has 2 rings (SSSR count). The molecule has 132 valence electrons. The van der Waals surface area contributed by atoms with Crippen LogP contribution in [0.2, 0.25) is 0 Å². The number of aliphatic hydroxyl groups excluding tert-OH is 1. The molecule has 6 heteroatoms. The summed E-state index contributed by atoms with van der Waals surface area (Å²) in [6, 6.07) is 6.60. The molecule has 3 amide bonds. The lowest BCUT2D eigenvalue weighted by Crippen LogP contribution is -2.44. The van der Waals surface area contributed by atoms with Gasteiger partial charge in [0.25, 0.3) is 5.91 Å². The van der Waals surface area contributed by atoms with Gasteiger partial charge in [-0.1, -0.05) is 6.92 Å². The largest absolute Gasteiger partial charge is 0.391 e. The van der Waals surface area contributed by atoms with Crippen molar-refractivity contribution in [1.29, 1.82) is 0 Å². The number of hydrogen-bond acceptors (Lipinski definition) is 3. The van der Waals surface area contributed by atoms with Crippen LogP contribution in [0, 0.1) is 0 Å².